The lowest BCUT2D eigenvalue weighted by Gasteiger charge is -2.34. The van der Waals surface area contributed by atoms with Crippen LogP contribution >= 0.6 is 0 Å². The van der Waals surface area contributed by atoms with Crippen LogP contribution in [0.3, 0.4) is 0 Å². The van der Waals surface area contributed by atoms with Crippen LogP contribution in [0.15, 0.2) is 30.5 Å². The molecule has 0 fully saturated rings. The molecule has 2 heterocycles. The Morgan fingerprint density at radius 1 is 1.28 bits per heavy atom. The van der Waals surface area contributed by atoms with Gasteiger partial charge in [0.2, 0.25) is 10.0 Å². The summed E-state index contributed by atoms with van der Waals surface area (Å²) in [5.74, 6) is -1.71. The van der Waals surface area contributed by atoms with E-state index in [2.05, 4.69) is 14.7 Å². The summed E-state index contributed by atoms with van der Waals surface area (Å²) in [7, 11) is -3.23. The standard InChI is InChI=1S/C16H20F2N4O2S/c1-25(23,24)20-7-5-14-11-21(10-13-4-6-19-22(13)14)9-12-2-3-15(17)16(18)8-12/h2-4,6,8,14,20H,5,7,9-11H2,1H3. The van der Waals surface area contributed by atoms with Crippen LogP contribution in [-0.4, -0.2) is 42.4 Å². The maximum atomic E-state index is 13.4. The van der Waals surface area contributed by atoms with Gasteiger partial charge in [-0.15, -0.1) is 0 Å². The van der Waals surface area contributed by atoms with Gasteiger partial charge in [-0.1, -0.05) is 6.07 Å². The van der Waals surface area contributed by atoms with E-state index in [-0.39, 0.29) is 6.04 Å². The van der Waals surface area contributed by atoms with Crippen LogP contribution in [0, 0.1) is 11.6 Å². The van der Waals surface area contributed by atoms with Crippen LogP contribution in [0.25, 0.3) is 0 Å². The number of sulfonamides is 1. The zero-order valence-corrected chi connectivity index (χ0v) is 14.6. The van der Waals surface area contributed by atoms with Gasteiger partial charge in [-0.25, -0.2) is 21.9 Å². The SMILES string of the molecule is CS(=O)(=O)NCCC1CN(Cc2ccc(F)c(F)c2)Cc2ccnn21. The Bertz CT molecular complexity index is 854. The third kappa shape index (κ3) is 4.62. The Kier molecular flexibility index (Phi) is 5.16. The highest BCUT2D eigenvalue weighted by molar-refractivity contribution is 7.88. The Hall–Kier alpha value is -1.84. The second kappa shape index (κ2) is 7.19. The normalized spacial score (nSPS) is 18.3. The number of hydrogen-bond acceptors (Lipinski definition) is 4. The van der Waals surface area contributed by atoms with Crippen LogP contribution in [0.2, 0.25) is 0 Å². The number of nitrogens with zero attached hydrogens (tertiary/aromatic N) is 3. The van der Waals surface area contributed by atoms with Crippen LogP contribution in [0.1, 0.15) is 23.7 Å². The predicted octanol–water partition coefficient (Wildman–Crippen LogP) is 1.66. The van der Waals surface area contributed by atoms with Crippen LogP contribution < -0.4 is 4.72 Å². The Balaban J connectivity index is 1.69. The van der Waals surface area contributed by atoms with E-state index < -0.39 is 21.7 Å². The first kappa shape index (κ1) is 18.0. The van der Waals surface area contributed by atoms with Gasteiger partial charge in [-0.2, -0.15) is 5.10 Å². The Morgan fingerprint density at radius 2 is 2.08 bits per heavy atom. The fourth-order valence-corrected chi connectivity index (χ4v) is 3.59. The van der Waals surface area contributed by atoms with Gasteiger partial charge in [0.15, 0.2) is 11.6 Å². The molecule has 3 rings (SSSR count). The molecule has 9 heteroatoms. The quantitative estimate of drug-likeness (QED) is 0.840. The molecule has 1 aromatic carbocycles. The van der Waals surface area contributed by atoms with Crippen molar-refractivity contribution in [2.75, 3.05) is 19.3 Å². The number of fused-ring (bicyclic) bond motifs is 1. The maximum Gasteiger partial charge on any atom is 0.208 e. The lowest BCUT2D eigenvalue weighted by Crippen LogP contribution is -2.38. The molecule has 0 saturated carbocycles. The molecule has 2 aromatic rings. The van der Waals surface area contributed by atoms with E-state index in [1.165, 1.54) is 6.07 Å². The van der Waals surface area contributed by atoms with E-state index in [1.54, 1.807) is 12.3 Å². The van der Waals surface area contributed by atoms with Crippen LogP contribution in [0.4, 0.5) is 8.78 Å². The molecule has 1 unspecified atom stereocenters. The van der Waals surface area contributed by atoms with Crippen molar-refractivity contribution in [2.24, 2.45) is 0 Å². The minimum Gasteiger partial charge on any atom is -0.291 e. The molecule has 0 spiro atoms. The van der Waals surface area contributed by atoms with E-state index in [9.17, 15) is 17.2 Å². The molecule has 1 N–H and O–H groups in total. The fourth-order valence-electron chi connectivity index (χ4n) is 3.11. The number of halogens is 2. The average molecular weight is 370 g/mol. The maximum absolute atomic E-state index is 13.4. The molecule has 1 aliphatic heterocycles. The first-order chi connectivity index (χ1) is 11.8. The highest BCUT2D eigenvalue weighted by atomic mass is 32.2. The summed E-state index contributed by atoms with van der Waals surface area (Å²) in [4.78, 5) is 2.12. The smallest absolute Gasteiger partial charge is 0.208 e. The minimum atomic E-state index is -3.23. The highest BCUT2D eigenvalue weighted by Crippen LogP contribution is 2.24. The molecule has 0 amide bonds. The molecule has 136 valence electrons. The van der Waals surface area contributed by atoms with Crippen molar-refractivity contribution in [2.45, 2.75) is 25.6 Å². The van der Waals surface area contributed by atoms with Gasteiger partial charge in [-0.3, -0.25) is 9.58 Å². The summed E-state index contributed by atoms with van der Waals surface area (Å²) < 4.78 is 53.3. The summed E-state index contributed by atoms with van der Waals surface area (Å²) in [6.07, 6.45) is 3.44. The van der Waals surface area contributed by atoms with Gasteiger partial charge in [0.1, 0.15) is 0 Å². The third-order valence-corrected chi connectivity index (χ3v) is 4.91. The Morgan fingerprint density at radius 3 is 2.80 bits per heavy atom. The second-order valence-electron chi connectivity index (χ2n) is 6.29. The van der Waals surface area contributed by atoms with Crippen molar-refractivity contribution in [1.82, 2.24) is 19.4 Å². The monoisotopic (exact) mass is 370 g/mol. The van der Waals surface area contributed by atoms with Gasteiger partial charge in [0, 0.05) is 32.4 Å². The average Bonchev–Trinajstić information content (AvgIpc) is 2.98. The van der Waals surface area contributed by atoms with Crippen molar-refractivity contribution in [1.29, 1.82) is 0 Å². The molecule has 1 atom stereocenters. The minimum absolute atomic E-state index is 0.0123. The van der Waals surface area contributed by atoms with Crippen molar-refractivity contribution in [3.05, 3.63) is 53.4 Å². The lowest BCUT2D eigenvalue weighted by molar-refractivity contribution is 0.162. The zero-order chi connectivity index (χ0) is 18.0. The van der Waals surface area contributed by atoms with Crippen LogP contribution in [-0.2, 0) is 23.1 Å². The van der Waals surface area contributed by atoms with E-state index in [0.29, 0.717) is 38.2 Å². The largest absolute Gasteiger partial charge is 0.291 e. The third-order valence-electron chi connectivity index (χ3n) is 4.18. The van der Waals surface area contributed by atoms with Crippen molar-refractivity contribution < 1.29 is 17.2 Å². The number of benzene rings is 1. The van der Waals surface area contributed by atoms with Crippen molar-refractivity contribution >= 4 is 10.0 Å². The lowest BCUT2D eigenvalue weighted by atomic mass is 10.1. The predicted molar refractivity (Wildman–Crippen MR) is 89.2 cm³/mol. The van der Waals surface area contributed by atoms with E-state index in [1.807, 2.05) is 10.7 Å². The molecule has 1 aromatic heterocycles. The molecule has 0 bridgehead atoms. The van der Waals surface area contributed by atoms with Crippen molar-refractivity contribution in [3.63, 3.8) is 0 Å². The Labute approximate surface area is 145 Å². The number of hydrogen-bond donors (Lipinski definition) is 1. The molecule has 0 radical (unpaired) electrons. The van der Waals surface area contributed by atoms with Crippen LogP contribution in [0.5, 0.6) is 0 Å². The molecule has 0 saturated heterocycles. The van der Waals surface area contributed by atoms with Gasteiger partial charge in [0.25, 0.3) is 0 Å². The number of nitrogens with one attached hydrogen (secondary N) is 1. The molecular formula is C16H20F2N4O2S. The van der Waals surface area contributed by atoms with Gasteiger partial charge in [0.05, 0.1) is 18.0 Å². The van der Waals surface area contributed by atoms with E-state index in [4.69, 9.17) is 0 Å². The fraction of sp³-hybridized carbons (Fsp3) is 0.438. The zero-order valence-electron chi connectivity index (χ0n) is 13.8. The summed E-state index contributed by atoms with van der Waals surface area (Å²) >= 11 is 0. The first-order valence-electron chi connectivity index (χ1n) is 7.95. The summed E-state index contributed by atoms with van der Waals surface area (Å²) in [6.45, 7) is 2.11. The topological polar surface area (TPSA) is 67.2 Å². The number of rotatable bonds is 6. The summed E-state index contributed by atoms with van der Waals surface area (Å²) in [5, 5.41) is 4.32. The van der Waals surface area contributed by atoms with Gasteiger partial charge < -0.3 is 0 Å². The molecule has 25 heavy (non-hydrogen) atoms. The highest BCUT2D eigenvalue weighted by Gasteiger charge is 2.25. The number of aromatic nitrogens is 2. The van der Waals surface area contributed by atoms with E-state index >= 15 is 0 Å². The molecule has 1 aliphatic rings. The molecule has 0 aliphatic carbocycles. The summed E-state index contributed by atoms with van der Waals surface area (Å²) in [6, 6.07) is 5.84. The molecule has 6 nitrogen and oxygen atoms in total. The summed E-state index contributed by atoms with van der Waals surface area (Å²) in [5.41, 5.74) is 1.71. The first-order valence-corrected chi connectivity index (χ1v) is 9.84. The van der Waals surface area contributed by atoms with Gasteiger partial charge >= 0.3 is 0 Å². The molecular weight excluding hydrogens is 350 g/mol. The van der Waals surface area contributed by atoms with Gasteiger partial charge in [-0.05, 0) is 30.2 Å². The van der Waals surface area contributed by atoms with E-state index in [0.717, 1.165) is 18.0 Å². The van der Waals surface area contributed by atoms with Crippen molar-refractivity contribution in [3.8, 4) is 0 Å². The second-order valence-corrected chi connectivity index (χ2v) is 8.13.